The van der Waals surface area contributed by atoms with Crippen LogP contribution in [0.15, 0.2) is 36.5 Å². The number of carbonyl (C=O) groups is 1. The molecule has 0 atom stereocenters. The van der Waals surface area contributed by atoms with Crippen molar-refractivity contribution in [3.8, 4) is 11.6 Å². The highest BCUT2D eigenvalue weighted by Gasteiger charge is 2.05. The minimum atomic E-state index is -0.128. The van der Waals surface area contributed by atoms with Gasteiger partial charge in [-0.25, -0.2) is 4.98 Å². The van der Waals surface area contributed by atoms with E-state index in [9.17, 15) is 4.79 Å². The molecule has 1 amide bonds. The minimum absolute atomic E-state index is 0.128. The van der Waals surface area contributed by atoms with Crippen molar-refractivity contribution in [1.82, 2.24) is 4.98 Å². The lowest BCUT2D eigenvalue weighted by Gasteiger charge is -2.08. The fourth-order valence-corrected chi connectivity index (χ4v) is 1.62. The highest BCUT2D eigenvalue weighted by Crippen LogP contribution is 2.27. The normalized spacial score (nSPS) is 10.0. The maximum absolute atomic E-state index is 10.9. The quantitative estimate of drug-likeness (QED) is 0.904. The van der Waals surface area contributed by atoms with Gasteiger partial charge >= 0.3 is 0 Å². The van der Waals surface area contributed by atoms with Gasteiger partial charge in [0.1, 0.15) is 5.75 Å². The van der Waals surface area contributed by atoms with E-state index < -0.39 is 0 Å². The van der Waals surface area contributed by atoms with E-state index in [4.69, 9.17) is 22.1 Å². The van der Waals surface area contributed by atoms with Crippen LogP contribution in [0.5, 0.6) is 11.6 Å². The third-order valence-electron chi connectivity index (χ3n) is 2.23. The molecule has 0 bridgehead atoms. The Morgan fingerprint density at radius 3 is 2.63 bits per heavy atom. The predicted molar refractivity (Wildman–Crippen MR) is 74.5 cm³/mol. The van der Waals surface area contributed by atoms with Crippen LogP contribution in [0.3, 0.4) is 0 Å². The zero-order valence-electron chi connectivity index (χ0n) is 10.2. The molecule has 1 aromatic carbocycles. The van der Waals surface area contributed by atoms with Crippen molar-refractivity contribution < 1.29 is 9.53 Å². The molecule has 2 rings (SSSR count). The van der Waals surface area contributed by atoms with Crippen molar-refractivity contribution in [2.24, 2.45) is 0 Å². The summed E-state index contributed by atoms with van der Waals surface area (Å²) in [6, 6.07) is 8.43. The summed E-state index contributed by atoms with van der Waals surface area (Å²) in [4.78, 5) is 14.9. The minimum Gasteiger partial charge on any atom is -0.437 e. The largest absolute Gasteiger partial charge is 0.437 e. The Bertz CT molecular complexity index is 599. The van der Waals surface area contributed by atoms with Gasteiger partial charge in [-0.3, -0.25) is 4.79 Å². The van der Waals surface area contributed by atoms with Crippen molar-refractivity contribution in [2.45, 2.75) is 6.92 Å². The second-order valence-electron chi connectivity index (χ2n) is 3.86. The maximum atomic E-state index is 10.9. The maximum Gasteiger partial charge on any atom is 0.242 e. The molecule has 0 aliphatic rings. The number of carbonyl (C=O) groups excluding carboxylic acids is 1. The molecule has 0 saturated heterocycles. The Labute approximate surface area is 115 Å². The van der Waals surface area contributed by atoms with Gasteiger partial charge in [0.25, 0.3) is 0 Å². The zero-order valence-corrected chi connectivity index (χ0v) is 10.9. The molecule has 19 heavy (non-hydrogen) atoms. The van der Waals surface area contributed by atoms with Crippen LogP contribution in [0.2, 0.25) is 5.02 Å². The van der Waals surface area contributed by atoms with Crippen molar-refractivity contribution in [1.29, 1.82) is 0 Å². The zero-order chi connectivity index (χ0) is 13.8. The van der Waals surface area contributed by atoms with Crippen LogP contribution in [-0.2, 0) is 4.79 Å². The molecule has 0 radical (unpaired) electrons. The van der Waals surface area contributed by atoms with Crippen LogP contribution in [0.4, 0.5) is 11.4 Å². The average molecular weight is 278 g/mol. The highest BCUT2D eigenvalue weighted by molar-refractivity contribution is 6.30. The number of benzene rings is 1. The van der Waals surface area contributed by atoms with Gasteiger partial charge in [-0.2, -0.15) is 0 Å². The number of nitrogens with one attached hydrogen (secondary N) is 1. The Kier molecular flexibility index (Phi) is 3.87. The van der Waals surface area contributed by atoms with Crippen LogP contribution in [0.25, 0.3) is 0 Å². The van der Waals surface area contributed by atoms with Gasteiger partial charge in [0.2, 0.25) is 11.8 Å². The average Bonchev–Trinajstić information content (AvgIpc) is 2.34. The number of rotatable bonds is 3. The first kappa shape index (κ1) is 13.2. The smallest absolute Gasteiger partial charge is 0.242 e. The number of pyridine rings is 1. The molecule has 0 fully saturated rings. The molecule has 0 unspecified atom stereocenters. The van der Waals surface area contributed by atoms with Gasteiger partial charge in [-0.1, -0.05) is 11.6 Å². The summed E-state index contributed by atoms with van der Waals surface area (Å²) in [6.45, 7) is 1.45. The molecule has 1 heterocycles. The molecule has 1 aromatic heterocycles. The first-order valence-corrected chi connectivity index (χ1v) is 5.89. The van der Waals surface area contributed by atoms with E-state index in [1.165, 1.54) is 13.1 Å². The van der Waals surface area contributed by atoms with Gasteiger partial charge in [0.15, 0.2) is 0 Å². The highest BCUT2D eigenvalue weighted by atomic mass is 35.5. The first-order valence-electron chi connectivity index (χ1n) is 5.51. The van der Waals surface area contributed by atoms with E-state index in [1.807, 2.05) is 0 Å². The summed E-state index contributed by atoms with van der Waals surface area (Å²) in [7, 11) is 0. The standard InChI is InChI=1S/C13H12ClN3O2/c1-8(18)17-10-2-4-11(5-3-10)19-13-12(15)6-9(14)7-16-13/h2-7H,15H2,1H3,(H,17,18). The lowest BCUT2D eigenvalue weighted by Crippen LogP contribution is -2.05. The molecular weight excluding hydrogens is 266 g/mol. The topological polar surface area (TPSA) is 77.2 Å². The molecule has 0 saturated carbocycles. The molecular formula is C13H12ClN3O2. The summed E-state index contributed by atoms with van der Waals surface area (Å²) in [5.41, 5.74) is 6.79. The molecule has 98 valence electrons. The number of aromatic nitrogens is 1. The van der Waals surface area contributed by atoms with Crippen molar-refractivity contribution in [2.75, 3.05) is 11.1 Å². The Morgan fingerprint density at radius 2 is 2.05 bits per heavy atom. The fraction of sp³-hybridized carbons (Fsp3) is 0.0769. The molecule has 5 nitrogen and oxygen atoms in total. The van der Waals surface area contributed by atoms with Crippen molar-refractivity contribution in [3.63, 3.8) is 0 Å². The SMILES string of the molecule is CC(=O)Nc1ccc(Oc2ncc(Cl)cc2N)cc1. The fourth-order valence-electron chi connectivity index (χ4n) is 1.45. The lowest BCUT2D eigenvalue weighted by atomic mass is 10.3. The molecule has 0 aliphatic heterocycles. The third kappa shape index (κ3) is 3.59. The second kappa shape index (κ2) is 5.58. The third-order valence-corrected chi connectivity index (χ3v) is 2.44. The molecule has 3 N–H and O–H groups in total. The molecule has 0 spiro atoms. The van der Waals surface area contributed by atoms with Gasteiger partial charge in [-0.05, 0) is 30.3 Å². The first-order chi connectivity index (χ1) is 9.04. The summed E-state index contributed by atoms with van der Waals surface area (Å²) in [5.74, 6) is 0.726. The van der Waals surface area contributed by atoms with Crippen LogP contribution < -0.4 is 15.8 Å². The summed E-state index contributed by atoms with van der Waals surface area (Å²) >= 11 is 5.75. The summed E-state index contributed by atoms with van der Waals surface area (Å²) in [5, 5.41) is 3.11. The number of halogens is 1. The van der Waals surface area contributed by atoms with Crippen LogP contribution in [0.1, 0.15) is 6.92 Å². The Balaban J connectivity index is 2.13. The van der Waals surface area contributed by atoms with Crippen molar-refractivity contribution in [3.05, 3.63) is 41.6 Å². The van der Waals surface area contributed by atoms with E-state index >= 15 is 0 Å². The summed E-state index contributed by atoms with van der Waals surface area (Å²) < 4.78 is 5.52. The second-order valence-corrected chi connectivity index (χ2v) is 4.29. The number of nitrogens with zero attached hydrogens (tertiary/aromatic N) is 1. The van der Waals surface area contributed by atoms with Crippen LogP contribution in [0, 0.1) is 0 Å². The predicted octanol–water partition coefficient (Wildman–Crippen LogP) is 3.07. The van der Waals surface area contributed by atoms with E-state index in [0.29, 0.717) is 22.1 Å². The van der Waals surface area contributed by atoms with Gasteiger partial charge in [-0.15, -0.1) is 0 Å². The molecule has 2 aromatic rings. The Morgan fingerprint density at radius 1 is 1.37 bits per heavy atom. The number of anilines is 2. The van der Waals surface area contributed by atoms with E-state index in [-0.39, 0.29) is 11.8 Å². The number of nitrogens with two attached hydrogens (primary N) is 1. The van der Waals surface area contributed by atoms with E-state index in [1.54, 1.807) is 30.3 Å². The monoisotopic (exact) mass is 277 g/mol. The van der Waals surface area contributed by atoms with Crippen molar-refractivity contribution >= 4 is 28.9 Å². The molecule has 0 aliphatic carbocycles. The van der Waals surface area contributed by atoms with E-state index in [2.05, 4.69) is 10.3 Å². The lowest BCUT2D eigenvalue weighted by molar-refractivity contribution is -0.114. The number of ether oxygens (including phenoxy) is 1. The number of nitrogen functional groups attached to an aromatic ring is 1. The van der Waals surface area contributed by atoms with Gasteiger partial charge in [0.05, 0.1) is 10.7 Å². The van der Waals surface area contributed by atoms with Gasteiger partial charge < -0.3 is 15.8 Å². The number of hydrogen-bond acceptors (Lipinski definition) is 4. The van der Waals surface area contributed by atoms with Crippen LogP contribution >= 0.6 is 11.6 Å². The number of amides is 1. The van der Waals surface area contributed by atoms with Crippen LogP contribution in [-0.4, -0.2) is 10.9 Å². The summed E-state index contributed by atoms with van der Waals surface area (Å²) in [6.07, 6.45) is 1.46. The Hall–Kier alpha value is -2.27. The van der Waals surface area contributed by atoms with Gasteiger partial charge in [0, 0.05) is 18.8 Å². The van der Waals surface area contributed by atoms with E-state index in [0.717, 1.165) is 0 Å². The number of hydrogen-bond donors (Lipinski definition) is 2. The molecule has 6 heteroatoms.